The first-order valence-corrected chi connectivity index (χ1v) is 8.71. The number of allylic oxidation sites excluding steroid dienone is 1. The highest BCUT2D eigenvalue weighted by atomic mass is 32.2. The summed E-state index contributed by atoms with van der Waals surface area (Å²) >= 11 is 0. The minimum Gasteiger partial charge on any atom is -0.481 e. The van der Waals surface area contributed by atoms with E-state index in [1.54, 1.807) is 6.08 Å². The van der Waals surface area contributed by atoms with Crippen molar-refractivity contribution < 1.29 is 41.2 Å². The number of carboxylic acids is 1. The van der Waals surface area contributed by atoms with E-state index in [0.717, 1.165) is 5.57 Å². The molecule has 2 unspecified atom stereocenters. The molecule has 0 heterocycles. The lowest BCUT2D eigenvalue weighted by atomic mass is 9.59. The Kier molecular flexibility index (Phi) is 4.51. The Morgan fingerprint density at radius 3 is 2.58 bits per heavy atom. The standard InChI is InChI=1S/C14H18F2O7S/c1-12(10(17)18)5-9-3-2-4-13(6-9,7-12)11(19)23-8-14(15,16)24(20,21)22/h5H,2-4,6-8H2,1H3,(H,17,18)(H,20,21,22). The Bertz CT molecular complexity index is 700. The molecule has 0 amide bonds. The summed E-state index contributed by atoms with van der Waals surface area (Å²) in [6.07, 6.45) is 3.13. The molecule has 24 heavy (non-hydrogen) atoms. The van der Waals surface area contributed by atoms with Gasteiger partial charge in [-0.15, -0.1) is 0 Å². The first kappa shape index (κ1) is 18.8. The van der Waals surface area contributed by atoms with E-state index in [0.29, 0.717) is 12.8 Å². The van der Waals surface area contributed by atoms with Crippen molar-refractivity contribution in [2.24, 2.45) is 10.8 Å². The monoisotopic (exact) mass is 368 g/mol. The van der Waals surface area contributed by atoms with Gasteiger partial charge in [0.1, 0.15) is 0 Å². The Balaban J connectivity index is 2.22. The molecule has 2 rings (SSSR count). The van der Waals surface area contributed by atoms with E-state index in [4.69, 9.17) is 4.55 Å². The Labute approximate surface area is 137 Å². The lowest BCUT2D eigenvalue weighted by molar-refractivity contribution is -0.168. The Morgan fingerprint density at radius 2 is 2.04 bits per heavy atom. The maximum atomic E-state index is 13.2. The molecule has 1 fully saturated rings. The van der Waals surface area contributed by atoms with E-state index in [9.17, 15) is 31.9 Å². The van der Waals surface area contributed by atoms with Crippen LogP contribution in [0, 0.1) is 10.8 Å². The predicted molar refractivity (Wildman–Crippen MR) is 76.8 cm³/mol. The molecule has 0 aromatic heterocycles. The number of hydrogen-bond acceptors (Lipinski definition) is 5. The fourth-order valence-electron chi connectivity index (χ4n) is 3.50. The predicted octanol–water partition coefficient (Wildman–Crippen LogP) is 1.99. The fourth-order valence-corrected chi connectivity index (χ4v) is 3.71. The van der Waals surface area contributed by atoms with Gasteiger partial charge in [-0.3, -0.25) is 14.1 Å². The SMILES string of the molecule is CC1(C(=O)O)C=C2CCCC(C(=O)OCC(F)(F)S(=O)(=O)O)(C2)C1. The molecule has 0 aromatic carbocycles. The average Bonchev–Trinajstić information content (AvgIpc) is 2.42. The van der Waals surface area contributed by atoms with Gasteiger partial charge in [0.05, 0.1) is 10.8 Å². The van der Waals surface area contributed by atoms with Crippen molar-refractivity contribution in [1.82, 2.24) is 0 Å². The molecule has 2 atom stereocenters. The number of ether oxygens (including phenoxy) is 1. The largest absolute Gasteiger partial charge is 0.481 e. The molecule has 0 spiro atoms. The summed E-state index contributed by atoms with van der Waals surface area (Å²) in [5, 5.41) is 4.77. The second-order valence-corrected chi connectivity index (χ2v) is 8.25. The highest BCUT2D eigenvalue weighted by Gasteiger charge is 2.54. The molecule has 2 aliphatic carbocycles. The summed E-state index contributed by atoms with van der Waals surface area (Å²) in [4.78, 5) is 23.9. The molecule has 1 saturated carbocycles. The van der Waals surface area contributed by atoms with Crippen molar-refractivity contribution in [2.45, 2.75) is 44.3 Å². The van der Waals surface area contributed by atoms with E-state index < -0.39 is 44.7 Å². The summed E-state index contributed by atoms with van der Waals surface area (Å²) in [6, 6.07) is 0. The summed E-state index contributed by atoms with van der Waals surface area (Å²) in [6.45, 7) is -0.371. The first-order chi connectivity index (χ1) is 10.8. The molecule has 0 aromatic rings. The van der Waals surface area contributed by atoms with Gasteiger partial charge >= 0.3 is 27.3 Å². The first-order valence-electron chi connectivity index (χ1n) is 7.27. The molecule has 2 bridgehead atoms. The van der Waals surface area contributed by atoms with Gasteiger partial charge in [0.15, 0.2) is 6.61 Å². The average molecular weight is 368 g/mol. The van der Waals surface area contributed by atoms with Gasteiger partial charge < -0.3 is 9.84 Å². The van der Waals surface area contributed by atoms with Crippen LogP contribution < -0.4 is 0 Å². The van der Waals surface area contributed by atoms with Crippen LogP contribution in [0.1, 0.15) is 39.0 Å². The molecule has 0 radical (unpaired) electrons. The van der Waals surface area contributed by atoms with E-state index in [1.807, 2.05) is 0 Å². The van der Waals surface area contributed by atoms with Crippen LogP contribution in [0.25, 0.3) is 0 Å². The lowest BCUT2D eigenvalue weighted by Crippen LogP contribution is -2.46. The minimum atomic E-state index is -5.70. The van der Waals surface area contributed by atoms with Crippen molar-refractivity contribution in [3.63, 3.8) is 0 Å². The van der Waals surface area contributed by atoms with Gasteiger partial charge in [-0.25, -0.2) is 0 Å². The number of aliphatic carboxylic acids is 1. The number of carboxylic acid groups (broad SMARTS) is 1. The number of fused-ring (bicyclic) bond motifs is 2. The number of hydrogen-bond donors (Lipinski definition) is 2. The van der Waals surface area contributed by atoms with Crippen molar-refractivity contribution in [3.8, 4) is 0 Å². The van der Waals surface area contributed by atoms with Crippen molar-refractivity contribution in [2.75, 3.05) is 6.61 Å². The summed E-state index contributed by atoms with van der Waals surface area (Å²) < 4.78 is 60.5. The number of esters is 1. The second-order valence-electron chi connectivity index (χ2n) is 6.70. The molecule has 0 saturated heterocycles. The van der Waals surface area contributed by atoms with Gasteiger partial charge in [-0.05, 0) is 39.0 Å². The Morgan fingerprint density at radius 1 is 1.42 bits per heavy atom. The maximum absolute atomic E-state index is 13.2. The van der Waals surface area contributed by atoms with Crippen LogP contribution >= 0.6 is 0 Å². The summed E-state index contributed by atoms with van der Waals surface area (Å²) in [7, 11) is -5.70. The number of halogens is 2. The molecule has 10 heteroatoms. The van der Waals surface area contributed by atoms with Crippen LogP contribution in [0.3, 0.4) is 0 Å². The highest BCUT2D eigenvalue weighted by Crippen LogP contribution is 2.53. The van der Waals surface area contributed by atoms with Crippen molar-refractivity contribution in [1.29, 1.82) is 0 Å². The molecule has 7 nitrogen and oxygen atoms in total. The number of rotatable bonds is 5. The molecule has 2 N–H and O–H groups in total. The van der Waals surface area contributed by atoms with Gasteiger partial charge in [-0.2, -0.15) is 17.2 Å². The Hall–Kier alpha value is -1.55. The molecule has 2 aliphatic rings. The molecular formula is C14H18F2O7S. The fraction of sp³-hybridized carbons (Fsp3) is 0.714. The van der Waals surface area contributed by atoms with Gasteiger partial charge in [0.2, 0.25) is 0 Å². The number of carbonyl (C=O) groups excluding carboxylic acids is 1. The normalized spacial score (nSPS) is 30.4. The maximum Gasteiger partial charge on any atom is 0.402 e. The highest BCUT2D eigenvalue weighted by molar-refractivity contribution is 7.86. The van der Waals surface area contributed by atoms with Crippen LogP contribution in [0.15, 0.2) is 11.6 Å². The molecule has 0 aliphatic heterocycles. The third kappa shape index (κ3) is 3.30. The van der Waals surface area contributed by atoms with Crippen LogP contribution in [-0.4, -0.2) is 41.9 Å². The zero-order valence-electron chi connectivity index (χ0n) is 12.9. The smallest absolute Gasteiger partial charge is 0.402 e. The second kappa shape index (κ2) is 5.76. The zero-order valence-corrected chi connectivity index (χ0v) is 13.7. The zero-order chi connectivity index (χ0) is 18.4. The third-order valence-electron chi connectivity index (χ3n) is 4.62. The van der Waals surface area contributed by atoms with E-state index in [1.165, 1.54) is 6.92 Å². The third-order valence-corrected chi connectivity index (χ3v) is 5.49. The van der Waals surface area contributed by atoms with Crippen LogP contribution in [-0.2, 0) is 24.4 Å². The quantitative estimate of drug-likeness (QED) is 0.433. The topological polar surface area (TPSA) is 118 Å². The van der Waals surface area contributed by atoms with Crippen LogP contribution in [0.2, 0.25) is 0 Å². The van der Waals surface area contributed by atoms with Crippen LogP contribution in [0.4, 0.5) is 8.78 Å². The minimum absolute atomic E-state index is 0.116. The number of carbonyl (C=O) groups is 2. The molecular weight excluding hydrogens is 350 g/mol. The van der Waals surface area contributed by atoms with Gasteiger partial charge in [-0.1, -0.05) is 11.6 Å². The number of alkyl halides is 2. The lowest BCUT2D eigenvalue weighted by Gasteiger charge is -2.44. The van der Waals surface area contributed by atoms with Crippen molar-refractivity contribution >= 4 is 22.1 Å². The van der Waals surface area contributed by atoms with Gasteiger partial charge in [0, 0.05) is 0 Å². The summed E-state index contributed by atoms with van der Waals surface area (Å²) in [5.74, 6) is -2.20. The summed E-state index contributed by atoms with van der Waals surface area (Å²) in [5.41, 5.74) is -1.85. The van der Waals surface area contributed by atoms with E-state index in [-0.39, 0.29) is 19.3 Å². The van der Waals surface area contributed by atoms with E-state index in [2.05, 4.69) is 4.74 Å². The van der Waals surface area contributed by atoms with Crippen LogP contribution in [0.5, 0.6) is 0 Å². The molecule has 136 valence electrons. The van der Waals surface area contributed by atoms with Crippen molar-refractivity contribution in [3.05, 3.63) is 11.6 Å². The van der Waals surface area contributed by atoms with E-state index >= 15 is 0 Å². The van der Waals surface area contributed by atoms with Gasteiger partial charge in [0.25, 0.3) is 0 Å².